The minimum Gasteiger partial charge on any atom is -0.340 e. The minimum absolute atomic E-state index is 0.0594. The third-order valence-electron chi connectivity index (χ3n) is 6.84. The predicted molar refractivity (Wildman–Crippen MR) is 128 cm³/mol. The Hall–Kier alpha value is -3.40. The Morgan fingerprint density at radius 3 is 2.72 bits per heavy atom. The van der Waals surface area contributed by atoms with Crippen LogP contribution in [0.4, 0.5) is 10.1 Å². The maximum absolute atomic E-state index is 13.8. The van der Waals surface area contributed by atoms with Gasteiger partial charge in [-0.15, -0.1) is 0 Å². The van der Waals surface area contributed by atoms with Gasteiger partial charge in [-0.1, -0.05) is 42.5 Å². The molecule has 1 atom stereocenters. The highest BCUT2D eigenvalue weighted by Crippen LogP contribution is 2.35. The molecule has 3 nitrogen and oxygen atoms in total. The zero-order chi connectivity index (χ0) is 22.2. The molecule has 0 bridgehead atoms. The number of carbonyl (C=O) groups is 1. The van der Waals surface area contributed by atoms with E-state index in [0.717, 1.165) is 41.6 Å². The molecule has 0 saturated carbocycles. The summed E-state index contributed by atoms with van der Waals surface area (Å²) in [5.41, 5.74) is 7.81. The summed E-state index contributed by atoms with van der Waals surface area (Å²) in [5, 5.41) is 4.36. The van der Waals surface area contributed by atoms with Crippen molar-refractivity contribution in [1.29, 1.82) is 0 Å². The number of nitrogens with one attached hydrogen (secondary N) is 1. The van der Waals surface area contributed by atoms with Crippen molar-refractivity contribution in [2.45, 2.75) is 39.7 Å². The van der Waals surface area contributed by atoms with Crippen LogP contribution in [0.2, 0.25) is 0 Å². The van der Waals surface area contributed by atoms with Gasteiger partial charge in [0.2, 0.25) is 5.91 Å². The summed E-state index contributed by atoms with van der Waals surface area (Å²) in [5.74, 6) is -0.182. The Kier molecular flexibility index (Phi) is 5.30. The lowest BCUT2D eigenvalue weighted by Gasteiger charge is -2.24. The van der Waals surface area contributed by atoms with Crippen molar-refractivity contribution in [3.63, 3.8) is 0 Å². The molecule has 4 heteroatoms. The zero-order valence-electron chi connectivity index (χ0n) is 18.5. The molecule has 4 aromatic rings. The monoisotopic (exact) mass is 426 g/mol. The van der Waals surface area contributed by atoms with E-state index in [2.05, 4.69) is 41.1 Å². The molecule has 162 valence electrons. The van der Waals surface area contributed by atoms with Gasteiger partial charge in [0.1, 0.15) is 5.82 Å². The van der Waals surface area contributed by atoms with E-state index in [0.29, 0.717) is 6.54 Å². The molecule has 0 fully saturated rings. The van der Waals surface area contributed by atoms with Gasteiger partial charge in [-0.25, -0.2) is 4.39 Å². The molecule has 0 unspecified atom stereocenters. The molecular formula is C28H27FN2O. The second kappa shape index (κ2) is 8.27. The summed E-state index contributed by atoms with van der Waals surface area (Å²) in [7, 11) is 0. The van der Waals surface area contributed by atoms with Crippen LogP contribution in [-0.2, 0) is 24.2 Å². The zero-order valence-corrected chi connectivity index (χ0v) is 18.5. The maximum atomic E-state index is 13.8. The van der Waals surface area contributed by atoms with Gasteiger partial charge in [0.05, 0.1) is 0 Å². The summed E-state index contributed by atoms with van der Waals surface area (Å²) in [4.78, 5) is 13.2. The SMILES string of the molecule is Cc1cccc(NC(=O)[C@H]2CCc3c(c4ccccc4n3Cc3cccc(F)c3)C2)c1C. The fraction of sp³-hybridized carbons (Fsp3) is 0.250. The first-order valence-corrected chi connectivity index (χ1v) is 11.2. The Bertz CT molecular complexity index is 1320. The molecule has 0 radical (unpaired) electrons. The van der Waals surface area contributed by atoms with Gasteiger partial charge >= 0.3 is 0 Å². The molecule has 1 aromatic heterocycles. The van der Waals surface area contributed by atoms with Crippen LogP contribution in [0.25, 0.3) is 10.9 Å². The number of anilines is 1. The van der Waals surface area contributed by atoms with Crippen LogP contribution in [0, 0.1) is 25.6 Å². The van der Waals surface area contributed by atoms with E-state index in [1.54, 1.807) is 12.1 Å². The Morgan fingerprint density at radius 1 is 1.06 bits per heavy atom. The molecule has 1 aliphatic carbocycles. The Morgan fingerprint density at radius 2 is 1.88 bits per heavy atom. The van der Waals surface area contributed by atoms with Gasteiger partial charge in [-0.2, -0.15) is 0 Å². The number of hydrogen-bond donors (Lipinski definition) is 1. The number of benzene rings is 3. The molecule has 1 N–H and O–H groups in total. The van der Waals surface area contributed by atoms with Crippen molar-refractivity contribution in [1.82, 2.24) is 4.57 Å². The molecule has 3 aromatic carbocycles. The molecule has 1 aliphatic rings. The summed E-state index contributed by atoms with van der Waals surface area (Å²) in [6, 6.07) is 21.2. The second-order valence-electron chi connectivity index (χ2n) is 8.83. The average molecular weight is 427 g/mol. The molecule has 0 spiro atoms. The number of halogens is 1. The maximum Gasteiger partial charge on any atom is 0.227 e. The third-order valence-corrected chi connectivity index (χ3v) is 6.84. The van der Waals surface area contributed by atoms with Gasteiger partial charge in [0, 0.05) is 34.7 Å². The first kappa shape index (κ1) is 20.5. The lowest BCUT2D eigenvalue weighted by atomic mass is 9.85. The Balaban J connectivity index is 1.45. The largest absolute Gasteiger partial charge is 0.340 e. The number of para-hydroxylation sites is 1. The van der Waals surface area contributed by atoms with Crippen LogP contribution in [-0.4, -0.2) is 10.5 Å². The van der Waals surface area contributed by atoms with E-state index in [1.807, 2.05) is 31.2 Å². The van der Waals surface area contributed by atoms with E-state index in [1.165, 1.54) is 28.3 Å². The highest BCUT2D eigenvalue weighted by Gasteiger charge is 2.29. The number of aromatic nitrogens is 1. The van der Waals surface area contributed by atoms with E-state index in [-0.39, 0.29) is 17.6 Å². The number of nitrogens with zero attached hydrogens (tertiary/aromatic N) is 1. The van der Waals surface area contributed by atoms with Crippen molar-refractivity contribution >= 4 is 22.5 Å². The summed E-state index contributed by atoms with van der Waals surface area (Å²) in [6.45, 7) is 4.74. The van der Waals surface area contributed by atoms with Gasteiger partial charge in [0.25, 0.3) is 0 Å². The minimum atomic E-state index is -0.212. The predicted octanol–water partition coefficient (Wildman–Crippen LogP) is 6.19. The number of aryl methyl sites for hydroxylation is 1. The topological polar surface area (TPSA) is 34.0 Å². The van der Waals surface area contributed by atoms with E-state index in [4.69, 9.17) is 0 Å². The van der Waals surface area contributed by atoms with E-state index in [9.17, 15) is 9.18 Å². The van der Waals surface area contributed by atoms with Crippen LogP contribution >= 0.6 is 0 Å². The van der Waals surface area contributed by atoms with Crippen LogP contribution in [0.3, 0.4) is 0 Å². The van der Waals surface area contributed by atoms with Crippen molar-refractivity contribution in [2.75, 3.05) is 5.32 Å². The van der Waals surface area contributed by atoms with Crippen molar-refractivity contribution in [2.24, 2.45) is 5.92 Å². The van der Waals surface area contributed by atoms with Crippen molar-refractivity contribution in [3.8, 4) is 0 Å². The van der Waals surface area contributed by atoms with Crippen molar-refractivity contribution in [3.05, 3.63) is 100 Å². The standard InChI is InChI=1S/C28H27FN2O/c1-18-7-5-11-25(19(18)2)30-28(32)21-13-14-27-24(16-21)23-10-3-4-12-26(23)31(27)17-20-8-6-9-22(29)15-20/h3-12,15,21H,13-14,16-17H2,1-2H3,(H,30,32)/t21-/m0/s1. The molecule has 0 aliphatic heterocycles. The molecule has 5 rings (SSSR count). The van der Waals surface area contributed by atoms with Crippen LogP contribution < -0.4 is 5.32 Å². The van der Waals surface area contributed by atoms with Crippen molar-refractivity contribution < 1.29 is 9.18 Å². The normalized spacial score (nSPS) is 15.5. The average Bonchev–Trinajstić information content (AvgIpc) is 3.10. The number of fused-ring (bicyclic) bond motifs is 3. The van der Waals surface area contributed by atoms with Crippen LogP contribution in [0.5, 0.6) is 0 Å². The number of rotatable bonds is 4. The molecule has 1 heterocycles. The molecule has 1 amide bonds. The van der Waals surface area contributed by atoms with Gasteiger partial charge in [0.15, 0.2) is 0 Å². The van der Waals surface area contributed by atoms with Crippen LogP contribution in [0.15, 0.2) is 66.7 Å². The van der Waals surface area contributed by atoms with E-state index >= 15 is 0 Å². The smallest absolute Gasteiger partial charge is 0.227 e. The highest BCUT2D eigenvalue weighted by atomic mass is 19.1. The lowest BCUT2D eigenvalue weighted by molar-refractivity contribution is -0.120. The second-order valence-corrected chi connectivity index (χ2v) is 8.83. The van der Waals surface area contributed by atoms with Gasteiger partial charge < -0.3 is 9.88 Å². The summed E-state index contributed by atoms with van der Waals surface area (Å²) < 4.78 is 16.1. The van der Waals surface area contributed by atoms with E-state index < -0.39 is 0 Å². The summed E-state index contributed by atoms with van der Waals surface area (Å²) >= 11 is 0. The van der Waals surface area contributed by atoms with Crippen LogP contribution in [0.1, 0.15) is 34.4 Å². The molecular weight excluding hydrogens is 399 g/mol. The first-order valence-electron chi connectivity index (χ1n) is 11.2. The molecule has 32 heavy (non-hydrogen) atoms. The number of carbonyl (C=O) groups excluding carboxylic acids is 1. The van der Waals surface area contributed by atoms with Gasteiger partial charge in [-0.05, 0) is 79.6 Å². The quantitative estimate of drug-likeness (QED) is 0.415. The number of hydrogen-bond acceptors (Lipinski definition) is 1. The first-order chi connectivity index (χ1) is 15.5. The number of amides is 1. The summed E-state index contributed by atoms with van der Waals surface area (Å²) in [6.07, 6.45) is 2.37. The van der Waals surface area contributed by atoms with Gasteiger partial charge in [-0.3, -0.25) is 4.79 Å². The highest BCUT2D eigenvalue weighted by molar-refractivity contribution is 5.95. The third kappa shape index (κ3) is 3.70. The Labute approximate surface area is 187 Å². The molecule has 0 saturated heterocycles. The lowest BCUT2D eigenvalue weighted by Crippen LogP contribution is -2.29. The fourth-order valence-corrected chi connectivity index (χ4v) is 4.94. The fourth-order valence-electron chi connectivity index (χ4n) is 4.94.